The molecule has 3 aromatic rings. The molecule has 1 N–H and O–H groups in total. The molecule has 0 saturated carbocycles. The number of benzene rings is 2. The van der Waals surface area contributed by atoms with Crippen LogP contribution in [0.5, 0.6) is 5.75 Å². The van der Waals surface area contributed by atoms with Crippen LogP contribution < -0.4 is 0 Å². The minimum absolute atomic E-state index is 0.0969. The number of phenols is 1. The molecular formula is C20H14ClF3N2O3. The van der Waals surface area contributed by atoms with Gasteiger partial charge in [-0.2, -0.15) is 4.39 Å². The van der Waals surface area contributed by atoms with E-state index in [2.05, 4.69) is 5.16 Å². The van der Waals surface area contributed by atoms with Gasteiger partial charge in [-0.05, 0) is 30.2 Å². The zero-order valence-corrected chi connectivity index (χ0v) is 15.6. The Bertz CT molecular complexity index is 1090. The van der Waals surface area contributed by atoms with Crippen LogP contribution in [0.1, 0.15) is 28.4 Å². The smallest absolute Gasteiger partial charge is 0.276 e. The number of phenolic OH excluding ortho intramolecular Hbond substituents is 1. The number of aromatic hydroxyl groups is 1. The molecule has 2 heterocycles. The predicted octanol–water partition coefficient (Wildman–Crippen LogP) is 4.75. The Labute approximate surface area is 168 Å². The molecule has 150 valence electrons. The molecule has 1 aromatic heterocycles. The summed E-state index contributed by atoms with van der Waals surface area (Å²) in [7, 11) is 0. The molecule has 0 bridgehead atoms. The first kappa shape index (κ1) is 19.3. The monoisotopic (exact) mass is 422 g/mol. The second-order valence-corrected chi connectivity index (χ2v) is 7.18. The van der Waals surface area contributed by atoms with Crippen molar-refractivity contribution in [3.8, 4) is 17.1 Å². The van der Waals surface area contributed by atoms with Crippen molar-refractivity contribution in [1.29, 1.82) is 0 Å². The van der Waals surface area contributed by atoms with Crippen molar-refractivity contribution in [3.05, 3.63) is 70.1 Å². The van der Waals surface area contributed by atoms with Gasteiger partial charge in [-0.15, -0.1) is 0 Å². The zero-order valence-electron chi connectivity index (χ0n) is 14.8. The fourth-order valence-corrected chi connectivity index (χ4v) is 3.51. The number of hydrogen-bond acceptors (Lipinski definition) is 4. The number of likely N-dealkylation sites (tertiary alicyclic amines) is 1. The Morgan fingerprint density at radius 1 is 1.17 bits per heavy atom. The maximum Gasteiger partial charge on any atom is 0.276 e. The van der Waals surface area contributed by atoms with Crippen LogP contribution in [0.3, 0.4) is 0 Å². The second-order valence-electron chi connectivity index (χ2n) is 6.75. The summed E-state index contributed by atoms with van der Waals surface area (Å²) >= 11 is 5.90. The molecule has 1 aliphatic heterocycles. The van der Waals surface area contributed by atoms with Crippen molar-refractivity contribution in [1.82, 2.24) is 10.1 Å². The minimum Gasteiger partial charge on any atom is -0.503 e. The third-order valence-electron chi connectivity index (χ3n) is 4.94. The number of rotatable bonds is 3. The fraction of sp³-hybridized carbons (Fsp3) is 0.200. The highest BCUT2D eigenvalue weighted by molar-refractivity contribution is 6.30. The summed E-state index contributed by atoms with van der Waals surface area (Å²) in [6.45, 7) is 0.956. The van der Waals surface area contributed by atoms with Crippen molar-refractivity contribution in [3.63, 3.8) is 0 Å². The van der Waals surface area contributed by atoms with Crippen molar-refractivity contribution in [2.45, 2.75) is 12.3 Å². The maximum absolute atomic E-state index is 14.1. The number of hydrogen-bond donors (Lipinski definition) is 1. The molecule has 0 radical (unpaired) electrons. The highest BCUT2D eigenvalue weighted by Gasteiger charge is 2.30. The summed E-state index contributed by atoms with van der Waals surface area (Å²) < 4.78 is 45.7. The Kier molecular flexibility index (Phi) is 4.96. The molecule has 2 aromatic carbocycles. The first-order valence-corrected chi connectivity index (χ1v) is 9.11. The van der Waals surface area contributed by atoms with Crippen LogP contribution in [0.15, 0.2) is 40.9 Å². The highest BCUT2D eigenvalue weighted by Crippen LogP contribution is 2.34. The zero-order chi connectivity index (χ0) is 20.7. The van der Waals surface area contributed by atoms with E-state index < -0.39 is 34.7 Å². The molecule has 4 rings (SSSR count). The summed E-state index contributed by atoms with van der Waals surface area (Å²) in [6, 6.07) is 9.06. The van der Waals surface area contributed by atoms with Crippen LogP contribution in [0, 0.1) is 17.5 Å². The molecule has 0 spiro atoms. The van der Waals surface area contributed by atoms with Gasteiger partial charge in [-0.3, -0.25) is 4.79 Å². The molecule has 5 nitrogen and oxygen atoms in total. The SMILES string of the molecule is O=C(c1cc(-c2cc(F)c(F)c(O)c2F)on1)N1CCC(c2ccc(Cl)cc2)C1. The molecule has 0 aliphatic carbocycles. The number of amides is 1. The van der Waals surface area contributed by atoms with E-state index in [0.717, 1.165) is 18.1 Å². The van der Waals surface area contributed by atoms with Crippen LogP contribution in [0.4, 0.5) is 13.2 Å². The molecule has 1 amide bonds. The first-order chi connectivity index (χ1) is 13.8. The van der Waals surface area contributed by atoms with E-state index in [9.17, 15) is 23.1 Å². The molecule has 1 aliphatic rings. The van der Waals surface area contributed by atoms with E-state index in [0.29, 0.717) is 24.2 Å². The minimum atomic E-state index is -1.70. The van der Waals surface area contributed by atoms with Crippen LogP contribution >= 0.6 is 11.6 Å². The van der Waals surface area contributed by atoms with Crippen molar-refractivity contribution < 1.29 is 27.6 Å². The third-order valence-corrected chi connectivity index (χ3v) is 5.20. The van der Waals surface area contributed by atoms with Gasteiger partial charge in [-0.1, -0.05) is 28.9 Å². The fourth-order valence-electron chi connectivity index (χ4n) is 3.39. The predicted molar refractivity (Wildman–Crippen MR) is 98.2 cm³/mol. The number of carbonyl (C=O) groups excluding carboxylic acids is 1. The summed E-state index contributed by atoms with van der Waals surface area (Å²) in [5.41, 5.74) is 0.429. The first-order valence-electron chi connectivity index (χ1n) is 8.73. The molecular weight excluding hydrogens is 409 g/mol. The summed E-state index contributed by atoms with van der Waals surface area (Å²) in [5, 5.41) is 13.6. The Balaban J connectivity index is 1.53. The number of aromatic nitrogens is 1. The van der Waals surface area contributed by atoms with Crippen LogP contribution in [0.2, 0.25) is 5.02 Å². The molecule has 9 heteroatoms. The van der Waals surface area contributed by atoms with Crippen LogP contribution in [0.25, 0.3) is 11.3 Å². The normalized spacial score (nSPS) is 16.4. The van der Waals surface area contributed by atoms with Gasteiger partial charge >= 0.3 is 0 Å². The number of nitrogens with zero attached hydrogens (tertiary/aromatic N) is 2. The largest absolute Gasteiger partial charge is 0.503 e. The molecule has 1 saturated heterocycles. The van der Waals surface area contributed by atoms with E-state index in [1.807, 2.05) is 12.1 Å². The Morgan fingerprint density at radius 2 is 1.90 bits per heavy atom. The van der Waals surface area contributed by atoms with E-state index in [4.69, 9.17) is 16.1 Å². The number of carbonyl (C=O) groups is 1. The highest BCUT2D eigenvalue weighted by atomic mass is 35.5. The summed E-state index contributed by atoms with van der Waals surface area (Å²) in [6.07, 6.45) is 0.754. The van der Waals surface area contributed by atoms with Crippen LogP contribution in [-0.4, -0.2) is 34.2 Å². The van der Waals surface area contributed by atoms with E-state index in [1.165, 1.54) is 0 Å². The molecule has 1 unspecified atom stereocenters. The van der Waals surface area contributed by atoms with Gasteiger partial charge in [0.05, 0.1) is 5.56 Å². The molecule has 1 atom stereocenters. The van der Waals surface area contributed by atoms with Gasteiger partial charge in [0.1, 0.15) is 0 Å². The van der Waals surface area contributed by atoms with Gasteiger partial charge in [-0.25, -0.2) is 8.78 Å². The Morgan fingerprint density at radius 3 is 2.62 bits per heavy atom. The van der Waals surface area contributed by atoms with Gasteiger partial charge in [0, 0.05) is 30.1 Å². The molecule has 29 heavy (non-hydrogen) atoms. The lowest BCUT2D eigenvalue weighted by Gasteiger charge is -2.15. The van der Waals surface area contributed by atoms with Gasteiger partial charge in [0.25, 0.3) is 5.91 Å². The summed E-state index contributed by atoms with van der Waals surface area (Å²) in [4.78, 5) is 14.3. The van der Waals surface area contributed by atoms with E-state index in [1.54, 1.807) is 17.0 Å². The topological polar surface area (TPSA) is 66.6 Å². The van der Waals surface area contributed by atoms with Crippen molar-refractivity contribution in [2.75, 3.05) is 13.1 Å². The molecule has 1 fully saturated rings. The van der Waals surface area contributed by atoms with Gasteiger partial charge < -0.3 is 14.5 Å². The second kappa shape index (κ2) is 7.44. The maximum atomic E-state index is 14.1. The quantitative estimate of drug-likeness (QED) is 0.619. The lowest BCUT2D eigenvalue weighted by Crippen LogP contribution is -2.28. The average Bonchev–Trinajstić information content (AvgIpc) is 3.39. The lowest BCUT2D eigenvalue weighted by atomic mass is 9.99. The van der Waals surface area contributed by atoms with Gasteiger partial charge in [0.2, 0.25) is 5.82 Å². The van der Waals surface area contributed by atoms with E-state index in [-0.39, 0.29) is 17.4 Å². The summed E-state index contributed by atoms with van der Waals surface area (Å²) in [5.74, 6) is -6.60. The van der Waals surface area contributed by atoms with Gasteiger partial charge in [0.15, 0.2) is 28.8 Å². The standard InChI is InChI=1S/C20H14ClF3N2O3/c21-12-3-1-10(2-4-12)11-5-6-26(9-11)20(28)15-8-16(29-25-15)13-7-14(22)18(24)19(27)17(13)23/h1-4,7-8,11,27H,5-6,9H2. The third kappa shape index (κ3) is 3.55. The van der Waals surface area contributed by atoms with Crippen molar-refractivity contribution in [2.24, 2.45) is 0 Å². The average molecular weight is 423 g/mol. The van der Waals surface area contributed by atoms with E-state index >= 15 is 0 Å². The van der Waals surface area contributed by atoms with Crippen molar-refractivity contribution >= 4 is 17.5 Å². The van der Waals surface area contributed by atoms with Crippen LogP contribution in [-0.2, 0) is 0 Å². The lowest BCUT2D eigenvalue weighted by molar-refractivity contribution is 0.0780. The Hall–Kier alpha value is -3.00. The number of halogens is 4.